The van der Waals surface area contributed by atoms with Gasteiger partial charge in [-0.25, -0.2) is 0 Å². The molecule has 80 valence electrons. The summed E-state index contributed by atoms with van der Waals surface area (Å²) < 4.78 is 0. The van der Waals surface area contributed by atoms with Crippen molar-refractivity contribution >= 4 is 29.3 Å². The maximum absolute atomic E-state index is 8.48. The molecule has 0 saturated carbocycles. The first-order valence-corrected chi connectivity index (χ1v) is 4.94. The molecule has 15 heavy (non-hydrogen) atoms. The van der Waals surface area contributed by atoms with Crippen molar-refractivity contribution in [3.8, 4) is 6.07 Å². The average molecular weight is 242 g/mol. The lowest BCUT2D eigenvalue weighted by Crippen LogP contribution is -2.05. The molecule has 0 aliphatic rings. The highest BCUT2D eigenvalue weighted by Gasteiger charge is 1.97. The minimum absolute atomic E-state index is 0. The maximum Gasteiger partial charge on any atom is 0.158 e. The Hall–Kier alpha value is -1.18. The molecule has 0 radical (unpaired) electrons. The average Bonchev–Trinajstić information content (AvgIpc) is 2.21. The summed E-state index contributed by atoms with van der Waals surface area (Å²) in [4.78, 5) is 4.88. The molecule has 0 fully saturated rings. The number of benzene rings is 1. The summed E-state index contributed by atoms with van der Waals surface area (Å²) >= 11 is 1.42. The van der Waals surface area contributed by atoms with Crippen LogP contribution in [-0.2, 0) is 6.42 Å². The molecule has 0 aromatic heterocycles. The van der Waals surface area contributed by atoms with Gasteiger partial charge in [0.05, 0.1) is 12.5 Å². The number of halogens is 1. The third-order valence-electron chi connectivity index (χ3n) is 1.65. The SMILES string of the molecule is CN=C(N)Sc1ccc(CC#N)cc1.Cl. The van der Waals surface area contributed by atoms with Crippen molar-refractivity contribution in [1.29, 1.82) is 5.26 Å². The molecule has 1 aromatic rings. The molecule has 0 heterocycles. The van der Waals surface area contributed by atoms with Gasteiger partial charge in [0.2, 0.25) is 0 Å². The van der Waals surface area contributed by atoms with Crippen LogP contribution in [0.1, 0.15) is 5.56 Å². The molecule has 0 atom stereocenters. The topological polar surface area (TPSA) is 62.2 Å². The van der Waals surface area contributed by atoms with E-state index in [0.29, 0.717) is 11.6 Å². The largest absolute Gasteiger partial charge is 0.378 e. The van der Waals surface area contributed by atoms with Crippen molar-refractivity contribution in [3.63, 3.8) is 0 Å². The fraction of sp³-hybridized carbons (Fsp3) is 0.200. The van der Waals surface area contributed by atoms with E-state index in [1.54, 1.807) is 7.05 Å². The Balaban J connectivity index is 0.00000196. The van der Waals surface area contributed by atoms with Crippen LogP contribution in [0.3, 0.4) is 0 Å². The van der Waals surface area contributed by atoms with E-state index in [2.05, 4.69) is 11.1 Å². The molecule has 1 aromatic carbocycles. The van der Waals surface area contributed by atoms with Gasteiger partial charge >= 0.3 is 0 Å². The molecular weight excluding hydrogens is 230 g/mol. The van der Waals surface area contributed by atoms with Crippen molar-refractivity contribution in [2.75, 3.05) is 7.05 Å². The predicted molar refractivity (Wildman–Crippen MR) is 66.4 cm³/mol. The second-order valence-corrected chi connectivity index (χ2v) is 3.74. The number of hydrogen-bond donors (Lipinski definition) is 1. The predicted octanol–water partition coefficient (Wildman–Crippen LogP) is 2.21. The Labute approximate surface area is 99.8 Å². The minimum atomic E-state index is 0. The van der Waals surface area contributed by atoms with Gasteiger partial charge in [-0.1, -0.05) is 23.9 Å². The van der Waals surface area contributed by atoms with Crippen molar-refractivity contribution in [2.45, 2.75) is 11.3 Å². The lowest BCUT2D eigenvalue weighted by molar-refractivity contribution is 1.24. The molecule has 0 bridgehead atoms. The second-order valence-electron chi connectivity index (χ2n) is 2.64. The van der Waals surface area contributed by atoms with E-state index in [0.717, 1.165) is 10.5 Å². The van der Waals surface area contributed by atoms with Crippen LogP contribution < -0.4 is 5.73 Å². The van der Waals surface area contributed by atoms with Crippen LogP contribution in [0, 0.1) is 11.3 Å². The number of amidine groups is 1. The van der Waals surface area contributed by atoms with Gasteiger partial charge in [-0.2, -0.15) is 5.26 Å². The Morgan fingerprint density at radius 1 is 1.47 bits per heavy atom. The molecular formula is C10H12ClN3S. The van der Waals surface area contributed by atoms with Gasteiger partial charge in [-0.15, -0.1) is 12.4 Å². The van der Waals surface area contributed by atoms with Crippen molar-refractivity contribution < 1.29 is 0 Å². The fourth-order valence-electron chi connectivity index (χ4n) is 0.933. The highest BCUT2D eigenvalue weighted by molar-refractivity contribution is 8.13. The number of aliphatic imine (C=N–C) groups is 1. The standard InChI is InChI=1S/C10H11N3S.ClH/c1-13-10(12)14-9-4-2-8(3-5-9)6-7-11;/h2-5H,6H2,1H3,(H2,12,13);1H. The number of rotatable bonds is 2. The quantitative estimate of drug-likeness (QED) is 0.491. The second kappa shape index (κ2) is 7.16. The lowest BCUT2D eigenvalue weighted by Gasteiger charge is -2.00. The highest BCUT2D eigenvalue weighted by Crippen LogP contribution is 2.18. The molecule has 2 N–H and O–H groups in total. The first-order valence-electron chi connectivity index (χ1n) is 4.12. The molecule has 3 nitrogen and oxygen atoms in total. The van der Waals surface area contributed by atoms with Gasteiger partial charge < -0.3 is 5.73 Å². The summed E-state index contributed by atoms with van der Waals surface area (Å²) in [7, 11) is 1.66. The van der Waals surface area contributed by atoms with E-state index in [1.165, 1.54) is 11.8 Å². The Morgan fingerprint density at radius 3 is 2.53 bits per heavy atom. The number of nitrogens with zero attached hydrogens (tertiary/aromatic N) is 2. The Kier molecular flexibility index (Phi) is 6.59. The van der Waals surface area contributed by atoms with E-state index in [9.17, 15) is 0 Å². The zero-order valence-corrected chi connectivity index (χ0v) is 9.94. The van der Waals surface area contributed by atoms with Crippen LogP contribution in [0.2, 0.25) is 0 Å². The normalized spacial score (nSPS) is 10.3. The molecule has 5 heteroatoms. The summed E-state index contributed by atoms with van der Waals surface area (Å²) in [5.74, 6) is 0. The van der Waals surface area contributed by atoms with Gasteiger partial charge in [-0.3, -0.25) is 4.99 Å². The fourth-order valence-corrected chi connectivity index (χ4v) is 1.54. The van der Waals surface area contributed by atoms with Crippen LogP contribution in [0.25, 0.3) is 0 Å². The monoisotopic (exact) mass is 241 g/mol. The molecule has 0 aliphatic heterocycles. The third kappa shape index (κ3) is 4.73. The summed E-state index contributed by atoms with van der Waals surface area (Å²) in [5.41, 5.74) is 6.58. The molecule has 0 saturated heterocycles. The van der Waals surface area contributed by atoms with Crippen LogP contribution in [0.15, 0.2) is 34.2 Å². The van der Waals surface area contributed by atoms with Gasteiger partial charge in [0.25, 0.3) is 0 Å². The molecule has 0 spiro atoms. The minimum Gasteiger partial charge on any atom is -0.378 e. The Morgan fingerprint density at radius 2 is 2.07 bits per heavy atom. The van der Waals surface area contributed by atoms with E-state index in [4.69, 9.17) is 11.0 Å². The highest BCUT2D eigenvalue weighted by atomic mass is 35.5. The Bertz CT molecular complexity index is 367. The van der Waals surface area contributed by atoms with Crippen LogP contribution in [0.5, 0.6) is 0 Å². The van der Waals surface area contributed by atoms with Crippen molar-refractivity contribution in [2.24, 2.45) is 10.7 Å². The van der Waals surface area contributed by atoms with E-state index in [-0.39, 0.29) is 12.4 Å². The number of nitriles is 1. The van der Waals surface area contributed by atoms with Crippen LogP contribution in [-0.4, -0.2) is 12.2 Å². The third-order valence-corrected chi connectivity index (χ3v) is 2.55. The molecule has 0 aliphatic carbocycles. The maximum atomic E-state index is 8.48. The summed E-state index contributed by atoms with van der Waals surface area (Å²) in [6.45, 7) is 0. The summed E-state index contributed by atoms with van der Waals surface area (Å²) in [5, 5.41) is 9.02. The smallest absolute Gasteiger partial charge is 0.158 e. The van der Waals surface area contributed by atoms with Gasteiger partial charge in [0.1, 0.15) is 0 Å². The van der Waals surface area contributed by atoms with Gasteiger partial charge in [0, 0.05) is 11.9 Å². The van der Waals surface area contributed by atoms with Gasteiger partial charge in [-0.05, 0) is 17.7 Å². The lowest BCUT2D eigenvalue weighted by atomic mass is 10.2. The van der Waals surface area contributed by atoms with Crippen molar-refractivity contribution in [1.82, 2.24) is 0 Å². The molecule has 0 unspecified atom stereocenters. The molecule has 1 rings (SSSR count). The number of thioether (sulfide) groups is 1. The molecule has 0 amide bonds. The summed E-state index contributed by atoms with van der Waals surface area (Å²) in [6.07, 6.45) is 0.447. The zero-order valence-electron chi connectivity index (χ0n) is 8.30. The van der Waals surface area contributed by atoms with Crippen molar-refractivity contribution in [3.05, 3.63) is 29.8 Å². The van der Waals surface area contributed by atoms with Crippen LogP contribution >= 0.6 is 24.2 Å². The van der Waals surface area contributed by atoms with E-state index >= 15 is 0 Å². The zero-order chi connectivity index (χ0) is 10.4. The van der Waals surface area contributed by atoms with E-state index < -0.39 is 0 Å². The van der Waals surface area contributed by atoms with E-state index in [1.807, 2.05) is 24.3 Å². The first kappa shape index (κ1) is 13.8. The number of nitrogens with two attached hydrogens (primary N) is 1. The number of hydrogen-bond acceptors (Lipinski definition) is 3. The first-order chi connectivity index (χ1) is 6.76. The van der Waals surface area contributed by atoms with Gasteiger partial charge in [0.15, 0.2) is 5.17 Å². The van der Waals surface area contributed by atoms with Crippen LogP contribution in [0.4, 0.5) is 0 Å². The summed E-state index contributed by atoms with van der Waals surface area (Å²) in [6, 6.07) is 9.83.